The third-order valence-electron chi connectivity index (χ3n) is 6.70. The van der Waals surface area contributed by atoms with E-state index in [1.54, 1.807) is 17.8 Å². The maximum absolute atomic E-state index is 12.9. The Hall–Kier alpha value is -3.26. The lowest BCUT2D eigenvalue weighted by atomic mass is 9.86. The summed E-state index contributed by atoms with van der Waals surface area (Å²) in [6.45, 7) is 3.95. The molecule has 2 aliphatic rings. The fraction of sp³-hybridized carbons (Fsp3) is 0.385. The lowest BCUT2D eigenvalue weighted by molar-refractivity contribution is 0.0663. The molecule has 176 valence electrons. The zero-order chi connectivity index (χ0) is 23.7. The van der Waals surface area contributed by atoms with Crippen LogP contribution >= 0.6 is 11.3 Å². The number of nitrogens with zero attached hydrogens (tertiary/aromatic N) is 3. The van der Waals surface area contributed by atoms with E-state index in [0.717, 1.165) is 41.8 Å². The van der Waals surface area contributed by atoms with Gasteiger partial charge in [-0.3, -0.25) is 14.7 Å². The van der Waals surface area contributed by atoms with Crippen molar-refractivity contribution in [1.29, 1.82) is 0 Å². The summed E-state index contributed by atoms with van der Waals surface area (Å²) in [5.74, 6) is -0.149. The molecule has 8 heteroatoms. The SMILES string of the molecule is CC1(C)OC(=O)N([C@H]2CC[C@H](NC(=O)c3csc(-c4ccncc4)n3)CC2)[C@H]1c1ccccc1. The first-order valence-corrected chi connectivity index (χ1v) is 12.5. The van der Waals surface area contributed by atoms with Crippen LogP contribution in [0.3, 0.4) is 0 Å². The number of carbonyl (C=O) groups is 2. The fourth-order valence-corrected chi connectivity index (χ4v) is 5.90. The van der Waals surface area contributed by atoms with Gasteiger partial charge in [-0.15, -0.1) is 11.3 Å². The average Bonchev–Trinajstić information content (AvgIpc) is 3.43. The summed E-state index contributed by atoms with van der Waals surface area (Å²) < 4.78 is 5.78. The van der Waals surface area contributed by atoms with E-state index in [1.807, 2.05) is 49.1 Å². The summed E-state index contributed by atoms with van der Waals surface area (Å²) in [6, 6.07) is 13.9. The largest absolute Gasteiger partial charge is 0.441 e. The van der Waals surface area contributed by atoms with Crippen molar-refractivity contribution >= 4 is 23.3 Å². The van der Waals surface area contributed by atoms with E-state index in [1.165, 1.54) is 11.3 Å². The van der Waals surface area contributed by atoms with Crippen molar-refractivity contribution in [3.8, 4) is 10.6 Å². The molecule has 1 saturated heterocycles. The molecule has 2 amide bonds. The third kappa shape index (κ3) is 4.42. The Balaban J connectivity index is 1.22. The van der Waals surface area contributed by atoms with Crippen molar-refractivity contribution in [1.82, 2.24) is 20.2 Å². The topological polar surface area (TPSA) is 84.4 Å². The number of hydrogen-bond donors (Lipinski definition) is 1. The minimum absolute atomic E-state index is 0.0663. The zero-order valence-corrected chi connectivity index (χ0v) is 20.1. The summed E-state index contributed by atoms with van der Waals surface area (Å²) in [7, 11) is 0. The molecule has 5 rings (SSSR count). The van der Waals surface area contributed by atoms with Crippen molar-refractivity contribution in [3.63, 3.8) is 0 Å². The number of benzene rings is 1. The van der Waals surface area contributed by atoms with Gasteiger partial charge in [-0.25, -0.2) is 9.78 Å². The van der Waals surface area contributed by atoms with Gasteiger partial charge >= 0.3 is 6.09 Å². The molecule has 1 aromatic carbocycles. The first-order valence-electron chi connectivity index (χ1n) is 11.7. The molecule has 34 heavy (non-hydrogen) atoms. The van der Waals surface area contributed by atoms with Crippen LogP contribution in [0.15, 0.2) is 60.2 Å². The van der Waals surface area contributed by atoms with Crippen LogP contribution in [0, 0.1) is 0 Å². The number of rotatable bonds is 5. The van der Waals surface area contributed by atoms with Gasteiger partial charge in [-0.05, 0) is 57.2 Å². The van der Waals surface area contributed by atoms with Gasteiger partial charge in [0.1, 0.15) is 16.3 Å². The predicted molar refractivity (Wildman–Crippen MR) is 130 cm³/mol. The molecule has 2 aromatic heterocycles. The highest BCUT2D eigenvalue weighted by Gasteiger charge is 2.51. The first kappa shape index (κ1) is 22.5. The van der Waals surface area contributed by atoms with Gasteiger partial charge in [0.05, 0.1) is 6.04 Å². The van der Waals surface area contributed by atoms with Crippen molar-refractivity contribution in [2.75, 3.05) is 0 Å². The molecular weight excluding hydrogens is 448 g/mol. The van der Waals surface area contributed by atoms with Crippen LogP contribution in [0.5, 0.6) is 0 Å². The van der Waals surface area contributed by atoms with Gasteiger partial charge in [0, 0.05) is 35.4 Å². The number of amides is 2. The standard InChI is InChI=1S/C26H28N4O3S/c1-26(2)22(17-6-4-3-5-7-17)30(25(32)33-26)20-10-8-19(9-11-20)28-23(31)21-16-34-24(29-21)18-12-14-27-15-13-18/h3-7,12-16,19-20,22H,8-11H2,1-2H3,(H,28,31)/t19-,20-,22-/m0/s1. The van der Waals surface area contributed by atoms with E-state index in [2.05, 4.69) is 27.4 Å². The molecule has 0 bridgehead atoms. The maximum atomic E-state index is 12.9. The van der Waals surface area contributed by atoms with Gasteiger partial charge in [-0.2, -0.15) is 0 Å². The Labute approximate surface area is 203 Å². The maximum Gasteiger partial charge on any atom is 0.411 e. The second-order valence-corrected chi connectivity index (χ2v) is 10.3. The number of pyridine rings is 1. The second kappa shape index (κ2) is 9.18. The molecule has 1 N–H and O–H groups in total. The molecule has 1 saturated carbocycles. The predicted octanol–water partition coefficient (Wildman–Crippen LogP) is 5.22. The van der Waals surface area contributed by atoms with Crippen molar-refractivity contribution in [3.05, 3.63) is 71.5 Å². The molecule has 0 unspecified atom stereocenters. The van der Waals surface area contributed by atoms with Crippen LogP contribution in [0.25, 0.3) is 10.6 Å². The van der Waals surface area contributed by atoms with E-state index in [0.29, 0.717) is 5.69 Å². The third-order valence-corrected chi connectivity index (χ3v) is 7.59. The summed E-state index contributed by atoms with van der Waals surface area (Å²) in [6.07, 6.45) is 6.44. The summed E-state index contributed by atoms with van der Waals surface area (Å²) in [5, 5.41) is 5.74. The van der Waals surface area contributed by atoms with E-state index in [9.17, 15) is 9.59 Å². The lowest BCUT2D eigenvalue weighted by Crippen LogP contribution is -2.46. The Bertz CT molecular complexity index is 1160. The highest BCUT2D eigenvalue weighted by atomic mass is 32.1. The van der Waals surface area contributed by atoms with Crippen LogP contribution in [-0.4, -0.2) is 44.6 Å². The average molecular weight is 477 g/mol. The molecule has 1 aliphatic carbocycles. The van der Waals surface area contributed by atoms with E-state index in [4.69, 9.17) is 4.74 Å². The fourth-order valence-electron chi connectivity index (χ4n) is 5.09. The Morgan fingerprint density at radius 3 is 2.50 bits per heavy atom. The zero-order valence-electron chi connectivity index (χ0n) is 19.3. The molecule has 3 heterocycles. The Morgan fingerprint density at radius 1 is 1.09 bits per heavy atom. The highest BCUT2D eigenvalue weighted by Crippen LogP contribution is 2.44. The molecule has 0 radical (unpaired) electrons. The van der Waals surface area contributed by atoms with Crippen LogP contribution in [0.2, 0.25) is 0 Å². The molecule has 2 fully saturated rings. The monoisotopic (exact) mass is 476 g/mol. The van der Waals surface area contributed by atoms with Crippen molar-refractivity contribution in [2.45, 2.75) is 63.3 Å². The number of hydrogen-bond acceptors (Lipinski definition) is 6. The van der Waals surface area contributed by atoms with Gasteiger partial charge in [0.15, 0.2) is 0 Å². The quantitative estimate of drug-likeness (QED) is 0.546. The molecular formula is C26H28N4O3S. The molecule has 3 aromatic rings. The Kier molecular flexibility index (Phi) is 6.08. The molecule has 1 aliphatic heterocycles. The van der Waals surface area contributed by atoms with Crippen LogP contribution in [-0.2, 0) is 4.74 Å². The van der Waals surface area contributed by atoms with Gasteiger partial charge in [-0.1, -0.05) is 30.3 Å². The normalized spacial score (nSPS) is 24.0. The summed E-state index contributed by atoms with van der Waals surface area (Å²) in [4.78, 5) is 36.1. The smallest absolute Gasteiger partial charge is 0.411 e. The van der Waals surface area contributed by atoms with Crippen molar-refractivity contribution < 1.29 is 14.3 Å². The summed E-state index contributed by atoms with van der Waals surface area (Å²) >= 11 is 1.45. The number of aromatic nitrogens is 2. The minimum Gasteiger partial charge on any atom is -0.441 e. The van der Waals surface area contributed by atoms with E-state index in [-0.39, 0.29) is 30.1 Å². The van der Waals surface area contributed by atoms with E-state index >= 15 is 0 Å². The number of nitrogens with one attached hydrogen (secondary N) is 1. The number of carbonyl (C=O) groups excluding carboxylic acids is 2. The highest BCUT2D eigenvalue weighted by molar-refractivity contribution is 7.13. The summed E-state index contributed by atoms with van der Waals surface area (Å²) in [5.41, 5.74) is 1.88. The van der Waals surface area contributed by atoms with Crippen LogP contribution < -0.4 is 5.32 Å². The van der Waals surface area contributed by atoms with E-state index < -0.39 is 5.60 Å². The Morgan fingerprint density at radius 2 is 1.79 bits per heavy atom. The second-order valence-electron chi connectivity index (χ2n) is 9.44. The number of ether oxygens (including phenoxy) is 1. The first-order chi connectivity index (χ1) is 16.4. The molecule has 1 atom stereocenters. The molecule has 7 nitrogen and oxygen atoms in total. The van der Waals surface area contributed by atoms with Gasteiger partial charge in [0.25, 0.3) is 5.91 Å². The van der Waals surface area contributed by atoms with Crippen molar-refractivity contribution in [2.24, 2.45) is 0 Å². The minimum atomic E-state index is -0.597. The number of cyclic esters (lactones) is 1. The van der Waals surface area contributed by atoms with Crippen LogP contribution in [0.4, 0.5) is 4.79 Å². The van der Waals surface area contributed by atoms with Crippen LogP contribution in [0.1, 0.15) is 61.6 Å². The van der Waals surface area contributed by atoms with Gasteiger partial charge in [0.2, 0.25) is 0 Å². The number of thiazole rings is 1. The molecule has 0 spiro atoms. The van der Waals surface area contributed by atoms with Gasteiger partial charge < -0.3 is 10.1 Å². The lowest BCUT2D eigenvalue weighted by Gasteiger charge is -2.38.